The molecule has 0 saturated heterocycles. The van der Waals surface area contributed by atoms with E-state index in [-0.39, 0.29) is 24.8 Å². The van der Waals surface area contributed by atoms with Crippen LogP contribution < -0.4 is 15.8 Å². The lowest BCUT2D eigenvalue weighted by Gasteiger charge is -2.25. The van der Waals surface area contributed by atoms with E-state index in [1.54, 1.807) is 5.01 Å². The molecule has 6 nitrogen and oxygen atoms in total. The van der Waals surface area contributed by atoms with Gasteiger partial charge in [-0.05, 0) is 30.2 Å². The van der Waals surface area contributed by atoms with Gasteiger partial charge in [0, 0.05) is 13.0 Å². The van der Waals surface area contributed by atoms with E-state index in [0.717, 1.165) is 11.4 Å². The molecule has 138 valence electrons. The van der Waals surface area contributed by atoms with Crippen LogP contribution in [0.2, 0.25) is 0 Å². The van der Waals surface area contributed by atoms with Crippen LogP contribution in [0.5, 0.6) is 0 Å². The first kappa shape index (κ1) is 19.3. The zero-order valence-corrected chi connectivity index (χ0v) is 15.1. The monoisotopic (exact) mass is 355 g/mol. The van der Waals surface area contributed by atoms with Crippen LogP contribution in [0.25, 0.3) is 0 Å². The van der Waals surface area contributed by atoms with Gasteiger partial charge in [-0.2, -0.15) is 0 Å². The molecular formula is C20H25N3O3. The lowest BCUT2D eigenvalue weighted by atomic mass is 10.2. The maximum absolute atomic E-state index is 12.3. The zero-order chi connectivity index (χ0) is 18.8. The van der Waals surface area contributed by atoms with Gasteiger partial charge in [-0.25, -0.2) is 4.79 Å². The third kappa shape index (κ3) is 6.47. The van der Waals surface area contributed by atoms with Crippen molar-refractivity contribution in [3.05, 3.63) is 60.7 Å². The first-order valence-corrected chi connectivity index (χ1v) is 8.66. The third-order valence-corrected chi connectivity index (χ3v) is 3.43. The molecule has 26 heavy (non-hydrogen) atoms. The second-order valence-corrected chi connectivity index (χ2v) is 6.21. The Labute approximate surface area is 154 Å². The van der Waals surface area contributed by atoms with E-state index >= 15 is 0 Å². The molecule has 6 heteroatoms. The molecule has 0 heterocycles. The molecule has 0 spiro atoms. The first-order chi connectivity index (χ1) is 12.6. The second-order valence-electron chi connectivity index (χ2n) is 6.21. The van der Waals surface area contributed by atoms with Crippen molar-refractivity contribution in [2.45, 2.75) is 20.3 Å². The summed E-state index contributed by atoms with van der Waals surface area (Å²) in [5, 5.41) is 4.30. The number of nitrogens with zero attached hydrogens (tertiary/aromatic N) is 1. The molecule has 2 aromatic carbocycles. The van der Waals surface area contributed by atoms with Gasteiger partial charge >= 0.3 is 6.09 Å². The van der Waals surface area contributed by atoms with Gasteiger partial charge in [0.2, 0.25) is 5.91 Å². The number of rotatable bonds is 8. The van der Waals surface area contributed by atoms with E-state index in [0.29, 0.717) is 6.61 Å². The van der Waals surface area contributed by atoms with E-state index < -0.39 is 6.09 Å². The number of hydrazine groups is 1. The SMILES string of the molecule is CC(C)COC(=O)NCCC(=O)NN(c1ccccc1)c1ccccc1. The van der Waals surface area contributed by atoms with Gasteiger partial charge in [-0.15, -0.1) is 0 Å². The molecule has 0 aliphatic heterocycles. The Balaban J connectivity index is 1.90. The summed E-state index contributed by atoms with van der Waals surface area (Å²) in [7, 11) is 0. The molecule has 2 N–H and O–H groups in total. The van der Waals surface area contributed by atoms with Crippen LogP contribution in [-0.4, -0.2) is 25.2 Å². The van der Waals surface area contributed by atoms with Gasteiger partial charge in [0.05, 0.1) is 18.0 Å². The smallest absolute Gasteiger partial charge is 0.407 e. The first-order valence-electron chi connectivity index (χ1n) is 8.66. The van der Waals surface area contributed by atoms with Crippen molar-refractivity contribution in [3.63, 3.8) is 0 Å². The number of alkyl carbamates (subject to hydrolysis) is 1. The van der Waals surface area contributed by atoms with Crippen LogP contribution in [0.15, 0.2) is 60.7 Å². The Morgan fingerprint density at radius 1 is 0.962 bits per heavy atom. The van der Waals surface area contributed by atoms with Gasteiger partial charge in [0.15, 0.2) is 0 Å². The van der Waals surface area contributed by atoms with E-state index in [9.17, 15) is 9.59 Å². The summed E-state index contributed by atoms with van der Waals surface area (Å²) in [4.78, 5) is 23.8. The number of carbonyl (C=O) groups excluding carboxylic acids is 2. The number of amides is 2. The number of para-hydroxylation sites is 2. The molecule has 0 unspecified atom stereocenters. The molecule has 0 aliphatic carbocycles. The largest absolute Gasteiger partial charge is 0.449 e. The van der Waals surface area contributed by atoms with Crippen molar-refractivity contribution in [2.75, 3.05) is 18.2 Å². The van der Waals surface area contributed by atoms with E-state index in [1.165, 1.54) is 0 Å². The number of ether oxygens (including phenoxy) is 1. The second kappa shape index (κ2) is 10.1. The van der Waals surface area contributed by atoms with E-state index in [2.05, 4.69) is 10.7 Å². The van der Waals surface area contributed by atoms with Crippen LogP contribution in [0.4, 0.5) is 16.2 Å². The third-order valence-electron chi connectivity index (χ3n) is 3.43. The van der Waals surface area contributed by atoms with Gasteiger partial charge in [0.1, 0.15) is 0 Å². The average Bonchev–Trinajstić information content (AvgIpc) is 2.66. The van der Waals surface area contributed by atoms with Crippen LogP contribution in [-0.2, 0) is 9.53 Å². The summed E-state index contributed by atoms with van der Waals surface area (Å²) in [6, 6.07) is 19.1. The molecule has 0 fully saturated rings. The maximum Gasteiger partial charge on any atom is 0.407 e. The summed E-state index contributed by atoms with van der Waals surface area (Å²) < 4.78 is 5.01. The molecule has 2 amide bonds. The average molecular weight is 355 g/mol. The molecule has 0 saturated carbocycles. The highest BCUT2D eigenvalue weighted by Crippen LogP contribution is 2.22. The van der Waals surface area contributed by atoms with E-state index in [1.807, 2.05) is 74.5 Å². The van der Waals surface area contributed by atoms with Gasteiger partial charge in [0.25, 0.3) is 0 Å². The minimum Gasteiger partial charge on any atom is -0.449 e. The van der Waals surface area contributed by atoms with Gasteiger partial charge in [-0.3, -0.25) is 15.2 Å². The topological polar surface area (TPSA) is 70.7 Å². The Bertz CT molecular complexity index is 650. The van der Waals surface area contributed by atoms with Gasteiger partial charge < -0.3 is 10.1 Å². The molecule has 0 aromatic heterocycles. The normalized spacial score (nSPS) is 10.3. The number of nitrogens with one attached hydrogen (secondary N) is 2. The number of carbonyl (C=O) groups is 2. The van der Waals surface area contributed by atoms with Gasteiger partial charge in [-0.1, -0.05) is 50.2 Å². The lowest BCUT2D eigenvalue weighted by molar-refractivity contribution is -0.120. The fraction of sp³-hybridized carbons (Fsp3) is 0.300. The summed E-state index contributed by atoms with van der Waals surface area (Å²) in [5.74, 6) is 0.0659. The van der Waals surface area contributed by atoms with Crippen molar-refractivity contribution >= 4 is 23.4 Å². The van der Waals surface area contributed by atoms with Crippen LogP contribution in [0, 0.1) is 5.92 Å². The standard InChI is InChI=1S/C20H25N3O3/c1-16(2)15-26-20(25)21-14-13-19(24)22-23(17-9-5-3-6-10-17)18-11-7-4-8-12-18/h3-12,16H,13-15H2,1-2H3,(H,21,25)(H,22,24). The van der Waals surface area contributed by atoms with Crippen LogP contribution in [0.1, 0.15) is 20.3 Å². The maximum atomic E-state index is 12.3. The summed E-state index contributed by atoms with van der Waals surface area (Å²) in [6.07, 6.45) is -0.359. The minimum atomic E-state index is -0.505. The van der Waals surface area contributed by atoms with Crippen molar-refractivity contribution in [1.29, 1.82) is 0 Å². The highest BCUT2D eigenvalue weighted by Gasteiger charge is 2.13. The minimum absolute atomic E-state index is 0.146. The predicted octanol–water partition coefficient (Wildman–Crippen LogP) is 3.63. The molecule has 0 radical (unpaired) electrons. The predicted molar refractivity (Wildman–Crippen MR) is 102 cm³/mol. The summed E-state index contributed by atoms with van der Waals surface area (Å²) >= 11 is 0. The van der Waals surface area contributed by atoms with Crippen molar-refractivity contribution in [2.24, 2.45) is 5.92 Å². The summed E-state index contributed by atoms with van der Waals surface area (Å²) in [6.45, 7) is 4.49. The fourth-order valence-electron chi connectivity index (χ4n) is 2.18. The molecule has 2 aromatic rings. The highest BCUT2D eigenvalue weighted by atomic mass is 16.5. The Morgan fingerprint density at radius 3 is 2.00 bits per heavy atom. The molecule has 0 bridgehead atoms. The van der Waals surface area contributed by atoms with E-state index in [4.69, 9.17) is 4.74 Å². The molecule has 0 aliphatic rings. The van der Waals surface area contributed by atoms with Crippen molar-refractivity contribution in [3.8, 4) is 0 Å². The highest BCUT2D eigenvalue weighted by molar-refractivity contribution is 5.81. The van der Waals surface area contributed by atoms with Crippen molar-refractivity contribution in [1.82, 2.24) is 10.7 Å². The Morgan fingerprint density at radius 2 is 1.50 bits per heavy atom. The number of hydrogen-bond acceptors (Lipinski definition) is 4. The Kier molecular flexibility index (Phi) is 7.49. The number of anilines is 2. The Hall–Kier alpha value is -3.02. The molecular weight excluding hydrogens is 330 g/mol. The fourth-order valence-corrected chi connectivity index (χ4v) is 2.18. The molecule has 2 rings (SSSR count). The zero-order valence-electron chi connectivity index (χ0n) is 15.1. The lowest BCUT2D eigenvalue weighted by Crippen LogP contribution is -2.40. The number of hydrogen-bond donors (Lipinski definition) is 2. The van der Waals surface area contributed by atoms with Crippen molar-refractivity contribution < 1.29 is 14.3 Å². The number of benzene rings is 2. The van der Waals surface area contributed by atoms with Crippen LogP contribution in [0.3, 0.4) is 0 Å². The quantitative estimate of drug-likeness (QED) is 0.710. The van der Waals surface area contributed by atoms with Crippen LogP contribution >= 0.6 is 0 Å². The summed E-state index contributed by atoms with van der Waals surface area (Å²) in [5.41, 5.74) is 4.56. The molecule has 0 atom stereocenters.